The first kappa shape index (κ1) is 37.7. The van der Waals surface area contributed by atoms with E-state index in [4.69, 9.17) is 22.8 Å². The smallest absolute Gasteiger partial charge is 1.00 e. The van der Waals surface area contributed by atoms with Crippen molar-refractivity contribution in [1.82, 2.24) is 0 Å². The summed E-state index contributed by atoms with van der Waals surface area (Å²) in [5.41, 5.74) is -1.88. The van der Waals surface area contributed by atoms with E-state index >= 15 is 0 Å². The third kappa shape index (κ3) is 7.85. The van der Waals surface area contributed by atoms with Crippen LogP contribution in [0.4, 0.5) is 0 Å². The summed E-state index contributed by atoms with van der Waals surface area (Å²) in [6.45, 7) is 0. The van der Waals surface area contributed by atoms with Gasteiger partial charge in [-0.3, -0.25) is 29.2 Å². The first-order valence-electron chi connectivity index (χ1n) is 14.0. The summed E-state index contributed by atoms with van der Waals surface area (Å²) < 4.78 is 55.7. The SMILES string of the molecule is COc1ccc(-c2cc(=O)c3c(O)cc(OP(=O)(O)O)c(-c4cc(-c5cc(=O)c6c(O)cc(OP(=O)(O)O)cc6o5)ccc4OC)c3o2)cc1.[H-].[Na+]. The first-order chi connectivity index (χ1) is 23.5. The molecule has 6 N–H and O–H groups in total. The molecule has 0 atom stereocenters. The topological polar surface area (TPSA) is 253 Å². The molecule has 6 aromatic rings. The Morgan fingerprint density at radius 1 is 0.627 bits per heavy atom. The molecule has 0 aliphatic rings. The molecule has 0 aliphatic carbocycles. The fourth-order valence-corrected chi connectivity index (χ4v) is 6.06. The van der Waals surface area contributed by atoms with Crippen LogP contribution in [-0.4, -0.2) is 44.0 Å². The van der Waals surface area contributed by atoms with Crippen LogP contribution in [0.15, 0.2) is 91.2 Å². The van der Waals surface area contributed by atoms with Crippen molar-refractivity contribution in [3.8, 4) is 68.3 Å². The largest absolute Gasteiger partial charge is 1.00 e. The number of benzene rings is 4. The molecule has 2 heterocycles. The normalized spacial score (nSPS) is 11.6. The Bertz CT molecular complexity index is 2540. The Balaban J connectivity index is 0.00000302. The van der Waals surface area contributed by atoms with Crippen LogP contribution in [0.3, 0.4) is 0 Å². The zero-order chi connectivity index (χ0) is 36.1. The van der Waals surface area contributed by atoms with Gasteiger partial charge in [-0.05, 0) is 42.5 Å². The van der Waals surface area contributed by atoms with Gasteiger partial charge in [-0.1, -0.05) is 0 Å². The summed E-state index contributed by atoms with van der Waals surface area (Å²) >= 11 is 0. The maximum Gasteiger partial charge on any atom is 1.00 e. The van der Waals surface area contributed by atoms with E-state index in [0.29, 0.717) is 11.3 Å². The van der Waals surface area contributed by atoms with E-state index in [9.17, 15) is 48.5 Å². The Kier molecular flexibility index (Phi) is 10.5. The van der Waals surface area contributed by atoms with Crippen molar-refractivity contribution in [2.45, 2.75) is 0 Å². The van der Waals surface area contributed by atoms with Crippen LogP contribution in [0.5, 0.6) is 34.5 Å². The Morgan fingerprint density at radius 2 is 1.22 bits per heavy atom. The van der Waals surface area contributed by atoms with Gasteiger partial charge in [-0.25, -0.2) is 9.13 Å². The van der Waals surface area contributed by atoms with Crippen molar-refractivity contribution in [3.63, 3.8) is 0 Å². The molecule has 2 aromatic heterocycles. The second kappa shape index (κ2) is 14.2. The molecule has 0 fully saturated rings. The summed E-state index contributed by atoms with van der Waals surface area (Å²) in [6, 6.07) is 15.4. The first-order valence-corrected chi connectivity index (χ1v) is 17.1. The van der Waals surface area contributed by atoms with Crippen LogP contribution >= 0.6 is 15.6 Å². The summed E-state index contributed by atoms with van der Waals surface area (Å²) in [7, 11) is -7.62. The fourth-order valence-electron chi connectivity index (χ4n) is 5.28. The van der Waals surface area contributed by atoms with Gasteiger partial charge in [0.15, 0.2) is 16.4 Å². The number of hydrogen-bond donors (Lipinski definition) is 6. The third-order valence-electron chi connectivity index (χ3n) is 7.30. The van der Waals surface area contributed by atoms with Gasteiger partial charge in [-0.15, -0.1) is 0 Å². The van der Waals surface area contributed by atoms with E-state index in [0.717, 1.165) is 30.3 Å². The molecule has 260 valence electrons. The molecule has 0 saturated heterocycles. The van der Waals surface area contributed by atoms with E-state index < -0.39 is 49.5 Å². The molecule has 0 amide bonds. The minimum atomic E-state index is -5.31. The van der Waals surface area contributed by atoms with Crippen molar-refractivity contribution in [2.24, 2.45) is 0 Å². The second-order valence-electron chi connectivity index (χ2n) is 10.5. The molecule has 0 bridgehead atoms. The zero-order valence-electron chi connectivity index (χ0n) is 27.6. The summed E-state index contributed by atoms with van der Waals surface area (Å²) in [5.74, 6) is -2.11. The number of aromatic hydroxyl groups is 2. The maximum absolute atomic E-state index is 13.4. The molecule has 0 spiro atoms. The Hall–Kier alpha value is -4.60. The Labute approximate surface area is 309 Å². The van der Waals surface area contributed by atoms with Gasteiger partial charge in [0.25, 0.3) is 0 Å². The van der Waals surface area contributed by atoms with Crippen LogP contribution in [-0.2, 0) is 9.13 Å². The van der Waals surface area contributed by atoms with Crippen molar-refractivity contribution < 1.29 is 97.3 Å². The number of phosphoric acid groups is 2. The molecular weight excluding hydrogens is 725 g/mol. The summed E-state index contributed by atoms with van der Waals surface area (Å²) in [5, 5.41) is 20.6. The van der Waals surface area contributed by atoms with Gasteiger partial charge in [-0.2, -0.15) is 0 Å². The molecule has 16 nitrogen and oxygen atoms in total. The van der Waals surface area contributed by atoms with Crippen LogP contribution in [0.2, 0.25) is 0 Å². The number of phosphoric ester groups is 2. The van der Waals surface area contributed by atoms with Crippen LogP contribution in [0.1, 0.15) is 1.43 Å². The monoisotopic (exact) mass is 750 g/mol. The van der Waals surface area contributed by atoms with Crippen molar-refractivity contribution >= 4 is 37.6 Å². The predicted molar refractivity (Wildman–Crippen MR) is 178 cm³/mol. The molecular formula is C32H25NaO16P2. The van der Waals surface area contributed by atoms with Gasteiger partial charge in [0, 0.05) is 47.0 Å². The molecule has 0 saturated carbocycles. The standard InChI is InChI=1S/C32H24O16P2.Na.H/c1-43-17-6-3-15(4-7-17)25-13-22(35)31-23(36)14-28(48-50(40,41)42)29(32(31)46-25)19-9-16(5-8-24(19)44-2)26-12-21(34)30-20(33)10-18(11-27(30)45-26)47-49(37,38)39;;/h3-14,33,36H,1-2H3,(H2,37,38,39)(H2,40,41,42);;/q;+1;-1. The summed E-state index contributed by atoms with van der Waals surface area (Å²) in [4.78, 5) is 64.6. The molecule has 4 aromatic carbocycles. The zero-order valence-corrected chi connectivity index (χ0v) is 30.4. The maximum atomic E-state index is 13.4. The third-order valence-corrected chi connectivity index (χ3v) is 8.18. The van der Waals surface area contributed by atoms with Gasteiger partial charge >= 0.3 is 45.2 Å². The quantitative estimate of drug-likeness (QED) is 0.0916. The van der Waals surface area contributed by atoms with Gasteiger partial charge in [0.1, 0.15) is 62.4 Å². The van der Waals surface area contributed by atoms with E-state index in [1.807, 2.05) is 0 Å². The molecule has 19 heteroatoms. The Morgan fingerprint density at radius 3 is 1.82 bits per heavy atom. The van der Waals surface area contributed by atoms with Crippen LogP contribution in [0, 0.1) is 0 Å². The average Bonchev–Trinajstić information content (AvgIpc) is 3.02. The predicted octanol–water partition coefficient (Wildman–Crippen LogP) is 2.39. The van der Waals surface area contributed by atoms with Crippen LogP contribution < -0.4 is 58.9 Å². The molecule has 0 radical (unpaired) electrons. The fraction of sp³-hybridized carbons (Fsp3) is 0.0625. The van der Waals surface area contributed by atoms with Crippen LogP contribution in [0.25, 0.3) is 55.7 Å². The van der Waals surface area contributed by atoms with Gasteiger partial charge < -0.3 is 39.0 Å². The van der Waals surface area contributed by atoms with Crippen molar-refractivity contribution in [1.29, 1.82) is 0 Å². The van der Waals surface area contributed by atoms with Crippen molar-refractivity contribution in [3.05, 3.63) is 93.2 Å². The second-order valence-corrected chi connectivity index (χ2v) is 12.9. The molecule has 0 unspecified atom stereocenters. The number of fused-ring (bicyclic) bond motifs is 2. The van der Waals surface area contributed by atoms with Gasteiger partial charge in [0.05, 0.1) is 19.8 Å². The van der Waals surface area contributed by atoms with Crippen molar-refractivity contribution in [2.75, 3.05) is 14.2 Å². The number of hydrogen-bond acceptors (Lipinski definition) is 12. The van der Waals surface area contributed by atoms with E-state index in [2.05, 4.69) is 4.52 Å². The number of rotatable bonds is 9. The van der Waals surface area contributed by atoms with E-state index in [1.54, 1.807) is 24.3 Å². The minimum Gasteiger partial charge on any atom is -1.00 e. The number of phenolic OH excluding ortho intramolecular Hbond substituents is 2. The molecule has 0 aliphatic heterocycles. The minimum absolute atomic E-state index is 0. The molecule has 6 rings (SSSR count). The number of methoxy groups -OCH3 is 2. The van der Waals surface area contributed by atoms with Gasteiger partial charge in [0.2, 0.25) is 0 Å². The van der Waals surface area contributed by atoms with E-state index in [1.165, 1.54) is 32.4 Å². The number of ether oxygens (including phenoxy) is 2. The molecule has 51 heavy (non-hydrogen) atoms. The number of phenols is 2. The summed E-state index contributed by atoms with van der Waals surface area (Å²) in [6.07, 6.45) is 0. The average molecular weight is 750 g/mol. The van der Waals surface area contributed by atoms with E-state index in [-0.39, 0.29) is 86.9 Å².